The third-order valence-corrected chi connectivity index (χ3v) is 5.26. The van der Waals surface area contributed by atoms with Gasteiger partial charge in [-0.05, 0) is 30.0 Å². The third kappa shape index (κ3) is 3.51. The molecule has 0 saturated heterocycles. The van der Waals surface area contributed by atoms with E-state index >= 15 is 0 Å². The summed E-state index contributed by atoms with van der Waals surface area (Å²) in [6.45, 7) is 2.17. The van der Waals surface area contributed by atoms with Crippen LogP contribution < -0.4 is 5.32 Å². The molecule has 0 fully saturated rings. The van der Waals surface area contributed by atoms with E-state index in [1.807, 2.05) is 0 Å². The summed E-state index contributed by atoms with van der Waals surface area (Å²) in [5.74, 6) is 0. The van der Waals surface area contributed by atoms with Crippen molar-refractivity contribution in [1.82, 2.24) is 5.32 Å². The van der Waals surface area contributed by atoms with Gasteiger partial charge in [-0.3, -0.25) is 5.32 Å². The summed E-state index contributed by atoms with van der Waals surface area (Å²) in [5.41, 5.74) is 4.66. The molecule has 0 saturated carbocycles. The fraction of sp³-hybridized carbons (Fsp3) is 0.154. The number of benzene rings is 3. The largest absolute Gasteiger partial charge is 0.293 e. The van der Waals surface area contributed by atoms with Crippen LogP contribution in [0.5, 0.6) is 0 Å². The van der Waals surface area contributed by atoms with E-state index in [9.17, 15) is 0 Å². The molecule has 4 rings (SSSR count). The molecule has 1 N–H and O–H groups in total. The lowest BCUT2D eigenvalue weighted by atomic mass is 9.76. The van der Waals surface area contributed by atoms with Crippen molar-refractivity contribution in [3.8, 4) is 0 Å². The average molecular weight is 351 g/mol. The highest BCUT2D eigenvalue weighted by atomic mass is 15.0. The van der Waals surface area contributed by atoms with Gasteiger partial charge in [0.05, 0.1) is 5.54 Å². The molecule has 0 radical (unpaired) electrons. The minimum absolute atomic E-state index is 0.274. The Labute approximate surface area is 162 Å². The molecule has 0 aliphatic heterocycles. The molecule has 1 aliphatic rings. The number of hydrogen-bond donors (Lipinski definition) is 1. The minimum Gasteiger partial charge on any atom is -0.293 e. The maximum atomic E-state index is 4.02. The molecule has 0 heterocycles. The Balaban J connectivity index is 1.93. The fourth-order valence-electron chi connectivity index (χ4n) is 4.03. The molecule has 1 heteroatoms. The molecule has 0 amide bonds. The molecule has 1 atom stereocenters. The second-order valence-electron chi connectivity index (χ2n) is 7.15. The van der Waals surface area contributed by atoms with E-state index in [2.05, 4.69) is 121 Å². The first kappa shape index (κ1) is 17.5. The zero-order chi connectivity index (χ0) is 18.5. The van der Waals surface area contributed by atoms with Gasteiger partial charge in [0, 0.05) is 6.04 Å². The number of allylic oxidation sites excluding steroid dienone is 2. The van der Waals surface area contributed by atoms with Crippen LogP contribution in [0.25, 0.3) is 0 Å². The molecule has 1 nitrogen and oxygen atoms in total. The molecular formula is C26H25N. The van der Waals surface area contributed by atoms with Crippen molar-refractivity contribution in [1.29, 1.82) is 0 Å². The van der Waals surface area contributed by atoms with Crippen molar-refractivity contribution in [3.05, 3.63) is 131 Å². The van der Waals surface area contributed by atoms with Crippen molar-refractivity contribution in [3.63, 3.8) is 0 Å². The van der Waals surface area contributed by atoms with Gasteiger partial charge in [0.1, 0.15) is 0 Å². The van der Waals surface area contributed by atoms with Gasteiger partial charge < -0.3 is 0 Å². The molecular weight excluding hydrogens is 326 g/mol. The third-order valence-electron chi connectivity index (χ3n) is 5.26. The summed E-state index contributed by atoms with van der Waals surface area (Å²) in [6, 6.07) is 32.6. The lowest BCUT2D eigenvalue weighted by molar-refractivity contribution is 0.428. The van der Waals surface area contributed by atoms with Crippen molar-refractivity contribution in [2.24, 2.45) is 0 Å². The maximum absolute atomic E-state index is 4.02. The molecule has 0 bridgehead atoms. The van der Waals surface area contributed by atoms with E-state index in [0.29, 0.717) is 0 Å². The molecule has 27 heavy (non-hydrogen) atoms. The highest BCUT2D eigenvalue weighted by molar-refractivity contribution is 5.50. The Kier molecular flexibility index (Phi) is 5.04. The minimum atomic E-state index is -0.406. The second-order valence-corrected chi connectivity index (χ2v) is 7.15. The summed E-state index contributed by atoms with van der Waals surface area (Å²) in [4.78, 5) is 0. The van der Waals surface area contributed by atoms with Crippen LogP contribution in [-0.2, 0) is 5.54 Å². The van der Waals surface area contributed by atoms with Crippen LogP contribution in [0, 0.1) is 0 Å². The van der Waals surface area contributed by atoms with E-state index in [0.717, 1.165) is 6.42 Å². The maximum Gasteiger partial charge on any atom is 0.0952 e. The van der Waals surface area contributed by atoms with E-state index < -0.39 is 5.54 Å². The van der Waals surface area contributed by atoms with E-state index in [-0.39, 0.29) is 6.04 Å². The summed E-state index contributed by atoms with van der Waals surface area (Å²) < 4.78 is 0. The van der Waals surface area contributed by atoms with Crippen LogP contribution in [0.4, 0.5) is 0 Å². The Morgan fingerprint density at radius 3 is 1.56 bits per heavy atom. The zero-order valence-electron chi connectivity index (χ0n) is 15.7. The topological polar surface area (TPSA) is 12.0 Å². The Morgan fingerprint density at radius 1 is 0.704 bits per heavy atom. The Morgan fingerprint density at radius 2 is 1.15 bits per heavy atom. The lowest BCUT2D eigenvalue weighted by Crippen LogP contribution is -2.49. The summed E-state index contributed by atoms with van der Waals surface area (Å²) in [6.07, 6.45) is 7.79. The number of nitrogens with one attached hydrogen (secondary N) is 1. The number of rotatable bonds is 5. The molecule has 134 valence electrons. The van der Waals surface area contributed by atoms with Gasteiger partial charge in [0.15, 0.2) is 0 Å². The summed E-state index contributed by atoms with van der Waals surface area (Å²) in [5, 5.41) is 4.02. The van der Waals surface area contributed by atoms with Crippen LogP contribution in [0.1, 0.15) is 30.0 Å². The lowest BCUT2D eigenvalue weighted by Gasteiger charge is -2.40. The van der Waals surface area contributed by atoms with Gasteiger partial charge in [-0.2, -0.15) is 0 Å². The van der Waals surface area contributed by atoms with Gasteiger partial charge in [-0.15, -0.1) is 0 Å². The van der Waals surface area contributed by atoms with Gasteiger partial charge in [-0.1, -0.05) is 115 Å². The van der Waals surface area contributed by atoms with Crippen molar-refractivity contribution < 1.29 is 0 Å². The standard InChI is InChI=1S/C26H25N/c1-21-12-11-19-25(20-21)27-26(22-13-5-2-6-14-22,23-15-7-3-8-16-23)24-17-9-4-10-18-24/h2-18,20,25,27H,19H2,1H3. The van der Waals surface area contributed by atoms with Crippen LogP contribution >= 0.6 is 0 Å². The highest BCUT2D eigenvalue weighted by Gasteiger charge is 2.37. The first-order valence-corrected chi connectivity index (χ1v) is 9.58. The normalized spacial score (nSPS) is 16.8. The smallest absolute Gasteiger partial charge is 0.0952 e. The summed E-state index contributed by atoms with van der Waals surface area (Å²) in [7, 11) is 0. The van der Waals surface area contributed by atoms with Gasteiger partial charge in [-0.25, -0.2) is 0 Å². The Hall–Kier alpha value is -2.90. The molecule has 3 aromatic rings. The van der Waals surface area contributed by atoms with Crippen molar-refractivity contribution in [2.75, 3.05) is 0 Å². The SMILES string of the molecule is CC1=CC(NC(c2ccccc2)(c2ccccc2)c2ccccc2)CC=C1. The molecule has 1 unspecified atom stereocenters. The zero-order valence-corrected chi connectivity index (χ0v) is 15.7. The number of hydrogen-bond acceptors (Lipinski definition) is 1. The van der Waals surface area contributed by atoms with Crippen LogP contribution in [0.2, 0.25) is 0 Å². The van der Waals surface area contributed by atoms with Gasteiger partial charge in [0.25, 0.3) is 0 Å². The van der Waals surface area contributed by atoms with E-state index in [1.165, 1.54) is 22.3 Å². The monoisotopic (exact) mass is 351 g/mol. The van der Waals surface area contributed by atoms with Crippen LogP contribution in [0.15, 0.2) is 115 Å². The molecule has 3 aromatic carbocycles. The van der Waals surface area contributed by atoms with Gasteiger partial charge >= 0.3 is 0 Å². The van der Waals surface area contributed by atoms with E-state index in [4.69, 9.17) is 0 Å². The average Bonchev–Trinajstić information content (AvgIpc) is 2.74. The van der Waals surface area contributed by atoms with Crippen LogP contribution in [0.3, 0.4) is 0 Å². The van der Waals surface area contributed by atoms with Crippen LogP contribution in [-0.4, -0.2) is 6.04 Å². The van der Waals surface area contributed by atoms with E-state index in [1.54, 1.807) is 0 Å². The van der Waals surface area contributed by atoms with Gasteiger partial charge in [0.2, 0.25) is 0 Å². The predicted octanol–water partition coefficient (Wildman–Crippen LogP) is 5.84. The Bertz CT molecular complexity index is 827. The highest BCUT2D eigenvalue weighted by Crippen LogP contribution is 2.37. The molecule has 0 aromatic heterocycles. The molecule has 0 spiro atoms. The molecule has 1 aliphatic carbocycles. The quantitative estimate of drug-likeness (QED) is 0.569. The van der Waals surface area contributed by atoms with Crippen molar-refractivity contribution >= 4 is 0 Å². The predicted molar refractivity (Wildman–Crippen MR) is 114 cm³/mol. The first-order chi connectivity index (χ1) is 13.3. The second kappa shape index (κ2) is 7.77. The van der Waals surface area contributed by atoms with Crippen molar-refractivity contribution in [2.45, 2.75) is 24.9 Å². The first-order valence-electron chi connectivity index (χ1n) is 9.58. The fourth-order valence-corrected chi connectivity index (χ4v) is 4.03. The summed E-state index contributed by atoms with van der Waals surface area (Å²) >= 11 is 0.